The van der Waals surface area contributed by atoms with Crippen molar-refractivity contribution in [1.82, 2.24) is 18.7 Å². The van der Waals surface area contributed by atoms with Gasteiger partial charge in [-0.2, -0.15) is 4.98 Å². The molecule has 0 aliphatic carbocycles. The molecule has 2 aromatic heterocycles. The van der Waals surface area contributed by atoms with Crippen LogP contribution in [0.3, 0.4) is 0 Å². The first kappa shape index (κ1) is 27.4. The van der Waals surface area contributed by atoms with Crippen LogP contribution in [0, 0.1) is 0 Å². The molecule has 1 atom stereocenters. The first-order valence-corrected chi connectivity index (χ1v) is 13.2. The molecule has 0 radical (unpaired) electrons. The Kier molecular flexibility index (Phi) is 8.51. The number of allylic oxidation sites excluding steroid dienone is 2. The predicted octanol–water partition coefficient (Wildman–Crippen LogP) is 2.14. The summed E-state index contributed by atoms with van der Waals surface area (Å²) in [5.41, 5.74) is 9.45. The zero-order chi connectivity index (χ0) is 27.4. The Morgan fingerprint density at radius 1 is 1.18 bits per heavy atom. The monoisotopic (exact) mass is 522 g/mol. The average molecular weight is 523 g/mol. The zero-order valence-electron chi connectivity index (χ0n) is 22.8. The highest BCUT2D eigenvalue weighted by Crippen LogP contribution is 2.23. The fourth-order valence-corrected chi connectivity index (χ4v) is 4.97. The molecule has 1 fully saturated rings. The van der Waals surface area contributed by atoms with Crippen molar-refractivity contribution in [1.29, 1.82) is 0 Å². The highest BCUT2D eigenvalue weighted by molar-refractivity contribution is 5.75. The number of imidazole rings is 1. The van der Waals surface area contributed by atoms with Crippen molar-refractivity contribution in [3.63, 3.8) is 0 Å². The molecule has 1 saturated heterocycles. The van der Waals surface area contributed by atoms with Crippen LogP contribution in [0.5, 0.6) is 0 Å². The maximum atomic E-state index is 13.8. The number of aryl methyl sites for hydroxylation is 3. The van der Waals surface area contributed by atoms with Gasteiger partial charge in [-0.3, -0.25) is 18.7 Å². The molecular weight excluding hydrogens is 484 g/mol. The number of hydrogen-bond donors (Lipinski definition) is 1. The van der Waals surface area contributed by atoms with Crippen molar-refractivity contribution in [3.8, 4) is 0 Å². The van der Waals surface area contributed by atoms with Crippen LogP contribution in [-0.2, 0) is 42.5 Å². The van der Waals surface area contributed by atoms with Gasteiger partial charge >= 0.3 is 11.7 Å². The number of hydrogen-bond acceptors (Lipinski definition) is 7. The van der Waals surface area contributed by atoms with E-state index >= 15 is 0 Å². The van der Waals surface area contributed by atoms with Gasteiger partial charge in [-0.1, -0.05) is 35.9 Å². The average Bonchev–Trinajstić information content (AvgIpc) is 3.29. The van der Waals surface area contributed by atoms with E-state index in [2.05, 4.69) is 11.0 Å². The lowest BCUT2D eigenvalue weighted by atomic mass is 10.0. The minimum atomic E-state index is -0.391. The van der Waals surface area contributed by atoms with Crippen molar-refractivity contribution in [2.45, 2.75) is 65.1 Å². The fourth-order valence-electron chi connectivity index (χ4n) is 4.97. The van der Waals surface area contributed by atoms with Crippen LogP contribution >= 0.6 is 0 Å². The van der Waals surface area contributed by atoms with Gasteiger partial charge in [0.1, 0.15) is 0 Å². The number of nitrogens with two attached hydrogens (primary N) is 1. The molecule has 0 bridgehead atoms. The van der Waals surface area contributed by atoms with Crippen LogP contribution in [-0.4, -0.2) is 50.9 Å². The van der Waals surface area contributed by atoms with Gasteiger partial charge in [0.15, 0.2) is 11.2 Å². The van der Waals surface area contributed by atoms with Gasteiger partial charge < -0.3 is 19.9 Å². The Bertz CT molecular complexity index is 1460. The van der Waals surface area contributed by atoms with Crippen LogP contribution < -0.4 is 21.9 Å². The number of benzene rings is 1. The SMILES string of the molecule is COC(=O)CCc1cccc(CCn2c(=O)c3c(nc(N4CCCC(N)C4)n3CC=C(C)C)n(C)c2=O)c1. The van der Waals surface area contributed by atoms with E-state index in [0.717, 1.165) is 36.1 Å². The van der Waals surface area contributed by atoms with Crippen LogP contribution in [0.4, 0.5) is 5.95 Å². The summed E-state index contributed by atoms with van der Waals surface area (Å²) in [4.78, 5) is 45.5. The Morgan fingerprint density at radius 2 is 1.92 bits per heavy atom. The Balaban J connectivity index is 1.71. The van der Waals surface area contributed by atoms with Gasteiger partial charge in [-0.05, 0) is 50.7 Å². The van der Waals surface area contributed by atoms with Crippen LogP contribution in [0.15, 0.2) is 45.5 Å². The molecule has 3 heterocycles. The summed E-state index contributed by atoms with van der Waals surface area (Å²) >= 11 is 0. The molecule has 0 saturated carbocycles. The third-order valence-electron chi connectivity index (χ3n) is 7.10. The van der Waals surface area contributed by atoms with Gasteiger partial charge in [0.05, 0.1) is 7.11 Å². The summed E-state index contributed by atoms with van der Waals surface area (Å²) in [5, 5.41) is 0. The summed E-state index contributed by atoms with van der Waals surface area (Å²) in [6, 6.07) is 7.90. The Morgan fingerprint density at radius 3 is 2.61 bits per heavy atom. The predicted molar refractivity (Wildman–Crippen MR) is 149 cm³/mol. The lowest BCUT2D eigenvalue weighted by molar-refractivity contribution is -0.140. The standard InChI is InChI=1S/C28H38N6O4/c1-19(2)12-15-33-24-25(30-27(33)32-14-6-9-22(29)18-32)31(3)28(37)34(26(24)36)16-13-21-8-5-7-20(17-21)10-11-23(35)38-4/h5,7-8,12,17,22H,6,9-11,13-16,18,29H2,1-4H3. The summed E-state index contributed by atoms with van der Waals surface area (Å²) in [5.74, 6) is 0.421. The second-order valence-corrected chi connectivity index (χ2v) is 10.3. The minimum absolute atomic E-state index is 0.0457. The molecule has 0 spiro atoms. The molecule has 2 N–H and O–H groups in total. The highest BCUT2D eigenvalue weighted by atomic mass is 16.5. The van der Waals surface area contributed by atoms with E-state index in [1.54, 1.807) is 7.05 Å². The highest BCUT2D eigenvalue weighted by Gasteiger charge is 2.26. The normalized spacial score (nSPS) is 15.6. The number of ether oxygens (including phenoxy) is 1. The van der Waals surface area contributed by atoms with E-state index in [9.17, 15) is 14.4 Å². The molecule has 38 heavy (non-hydrogen) atoms. The second-order valence-electron chi connectivity index (χ2n) is 10.3. The Hall–Kier alpha value is -3.66. The number of esters is 1. The van der Waals surface area contributed by atoms with Crippen molar-refractivity contribution >= 4 is 23.1 Å². The molecule has 10 heteroatoms. The number of aromatic nitrogens is 4. The second kappa shape index (κ2) is 11.8. The Labute approximate surface area is 222 Å². The molecule has 204 valence electrons. The zero-order valence-corrected chi connectivity index (χ0v) is 22.8. The van der Waals surface area contributed by atoms with Gasteiger partial charge in [0.25, 0.3) is 5.56 Å². The first-order valence-electron chi connectivity index (χ1n) is 13.2. The van der Waals surface area contributed by atoms with E-state index in [-0.39, 0.29) is 24.1 Å². The number of fused-ring (bicyclic) bond motifs is 1. The van der Waals surface area contributed by atoms with E-state index in [4.69, 9.17) is 15.5 Å². The molecule has 10 nitrogen and oxygen atoms in total. The lowest BCUT2D eigenvalue weighted by Crippen LogP contribution is -2.44. The molecule has 0 amide bonds. The van der Waals surface area contributed by atoms with Crippen molar-refractivity contribution in [2.75, 3.05) is 25.1 Å². The minimum Gasteiger partial charge on any atom is -0.469 e. The maximum absolute atomic E-state index is 13.8. The van der Waals surface area contributed by atoms with E-state index in [1.807, 2.05) is 42.7 Å². The van der Waals surface area contributed by atoms with E-state index in [1.165, 1.54) is 16.2 Å². The smallest absolute Gasteiger partial charge is 0.332 e. The van der Waals surface area contributed by atoms with Gasteiger partial charge in [-0.15, -0.1) is 0 Å². The number of piperidine rings is 1. The lowest BCUT2D eigenvalue weighted by Gasteiger charge is -2.31. The molecular formula is C28H38N6O4. The van der Waals surface area contributed by atoms with Gasteiger partial charge in [-0.25, -0.2) is 4.79 Å². The van der Waals surface area contributed by atoms with E-state index < -0.39 is 5.69 Å². The molecule has 1 unspecified atom stereocenters. The summed E-state index contributed by atoms with van der Waals surface area (Å²) < 4.78 is 9.42. The topological polar surface area (TPSA) is 117 Å². The molecule has 1 aliphatic rings. The third-order valence-corrected chi connectivity index (χ3v) is 7.10. The van der Waals surface area contributed by atoms with Crippen molar-refractivity contribution in [3.05, 3.63) is 67.9 Å². The molecule has 4 rings (SSSR count). The number of rotatable bonds is 9. The maximum Gasteiger partial charge on any atom is 0.332 e. The van der Waals surface area contributed by atoms with Crippen LogP contribution in [0.25, 0.3) is 11.2 Å². The summed E-state index contributed by atoms with van der Waals surface area (Å²) in [7, 11) is 3.04. The summed E-state index contributed by atoms with van der Waals surface area (Å²) in [6.07, 6.45) is 5.35. The molecule has 1 aliphatic heterocycles. The summed E-state index contributed by atoms with van der Waals surface area (Å²) in [6.45, 7) is 6.22. The quantitative estimate of drug-likeness (QED) is 0.338. The number of carbonyl (C=O) groups is 1. The van der Waals surface area contributed by atoms with Crippen molar-refractivity contribution < 1.29 is 9.53 Å². The number of methoxy groups -OCH3 is 1. The van der Waals surface area contributed by atoms with Crippen LogP contribution in [0.2, 0.25) is 0 Å². The first-order chi connectivity index (χ1) is 18.2. The fraction of sp³-hybridized carbons (Fsp3) is 0.500. The number of nitrogens with zero attached hydrogens (tertiary/aromatic N) is 5. The third kappa shape index (κ3) is 5.91. The van der Waals surface area contributed by atoms with Crippen molar-refractivity contribution in [2.24, 2.45) is 12.8 Å². The van der Waals surface area contributed by atoms with Gasteiger partial charge in [0.2, 0.25) is 5.95 Å². The largest absolute Gasteiger partial charge is 0.469 e. The van der Waals surface area contributed by atoms with Gasteiger partial charge in [0, 0.05) is 45.7 Å². The number of anilines is 1. The van der Waals surface area contributed by atoms with Crippen LogP contribution in [0.1, 0.15) is 44.2 Å². The molecule has 3 aromatic rings. The van der Waals surface area contributed by atoms with E-state index in [0.29, 0.717) is 49.5 Å². The number of carbonyl (C=O) groups excluding carboxylic acids is 1. The molecule has 1 aromatic carbocycles.